The third kappa shape index (κ3) is 3.06. The van der Waals surface area contributed by atoms with Crippen LogP contribution >= 0.6 is 11.3 Å². The first-order chi connectivity index (χ1) is 8.79. The summed E-state index contributed by atoms with van der Waals surface area (Å²) in [5.74, 6) is 0.128. The average molecular weight is 281 g/mol. The molecule has 106 valence electrons. The third-order valence-corrected chi connectivity index (χ3v) is 4.49. The summed E-state index contributed by atoms with van der Waals surface area (Å²) < 4.78 is 0. The van der Waals surface area contributed by atoms with Crippen molar-refractivity contribution in [3.05, 3.63) is 10.6 Å². The molecule has 0 bridgehead atoms. The zero-order valence-electron chi connectivity index (χ0n) is 12.2. The Morgan fingerprint density at radius 3 is 2.26 bits per heavy atom. The molecule has 0 radical (unpaired) electrons. The largest absolute Gasteiger partial charge is 0.383 e. The molecule has 0 saturated carbocycles. The second kappa shape index (κ2) is 5.09. The lowest BCUT2D eigenvalue weighted by Gasteiger charge is -2.32. The van der Waals surface area contributed by atoms with Crippen LogP contribution in [0.25, 0.3) is 0 Å². The Morgan fingerprint density at radius 1 is 1.26 bits per heavy atom. The molecule has 0 aromatic carbocycles. The maximum absolute atomic E-state index is 7.74. The number of nitrogen functional groups attached to an aromatic ring is 1. The van der Waals surface area contributed by atoms with Crippen LogP contribution in [-0.2, 0) is 5.41 Å². The Balaban J connectivity index is 2.30. The molecule has 2 heterocycles. The fraction of sp³-hybridized carbons (Fsp3) is 0.692. The molecule has 0 aliphatic carbocycles. The highest BCUT2D eigenvalue weighted by Crippen LogP contribution is 2.33. The van der Waals surface area contributed by atoms with Gasteiger partial charge in [-0.25, -0.2) is 4.98 Å². The number of hydrogen-bond donors (Lipinski definition) is 2. The molecule has 1 aromatic heterocycles. The number of hydrogen-bond acceptors (Lipinski definition) is 5. The minimum absolute atomic E-state index is 0.0810. The number of nitrogens with two attached hydrogens (primary N) is 1. The molecule has 1 saturated heterocycles. The Bertz CT molecular complexity index is 466. The first-order valence-electron chi connectivity index (χ1n) is 6.58. The Morgan fingerprint density at radius 2 is 1.84 bits per heavy atom. The normalized spacial score (nSPS) is 17.8. The fourth-order valence-electron chi connectivity index (χ4n) is 2.13. The molecule has 1 aromatic rings. The summed E-state index contributed by atoms with van der Waals surface area (Å²) in [4.78, 5) is 10.2. The lowest BCUT2D eigenvalue weighted by atomic mass is 9.91. The van der Waals surface area contributed by atoms with Gasteiger partial charge in [-0.3, -0.25) is 5.41 Å². The van der Waals surface area contributed by atoms with Gasteiger partial charge in [0.2, 0.25) is 0 Å². The summed E-state index contributed by atoms with van der Waals surface area (Å²) in [6, 6.07) is 0. The van der Waals surface area contributed by atoms with E-state index in [4.69, 9.17) is 16.1 Å². The SMILES string of the molecule is CN1CCN(c2nc(C(C)(C)C)c(C(=N)N)s2)CC1. The Kier molecular flexibility index (Phi) is 3.82. The van der Waals surface area contributed by atoms with Crippen LogP contribution in [0.1, 0.15) is 31.3 Å². The lowest BCUT2D eigenvalue weighted by molar-refractivity contribution is 0.312. The van der Waals surface area contributed by atoms with Crippen molar-refractivity contribution < 1.29 is 0 Å². The van der Waals surface area contributed by atoms with E-state index < -0.39 is 0 Å². The van der Waals surface area contributed by atoms with E-state index in [1.807, 2.05) is 0 Å². The van der Waals surface area contributed by atoms with E-state index in [-0.39, 0.29) is 11.3 Å². The number of nitrogens with zero attached hydrogens (tertiary/aromatic N) is 3. The highest BCUT2D eigenvalue weighted by molar-refractivity contribution is 7.17. The molecule has 1 aliphatic heterocycles. The maximum Gasteiger partial charge on any atom is 0.186 e. The fourth-order valence-corrected chi connectivity index (χ4v) is 3.32. The molecule has 0 atom stereocenters. The summed E-state index contributed by atoms with van der Waals surface area (Å²) in [6.07, 6.45) is 0. The average Bonchev–Trinajstić information content (AvgIpc) is 2.74. The zero-order valence-corrected chi connectivity index (χ0v) is 13.0. The van der Waals surface area contributed by atoms with Gasteiger partial charge in [-0.1, -0.05) is 32.1 Å². The predicted molar refractivity (Wildman–Crippen MR) is 81.5 cm³/mol. The van der Waals surface area contributed by atoms with Crippen LogP contribution in [0.4, 0.5) is 5.13 Å². The molecule has 0 unspecified atom stereocenters. The highest BCUT2D eigenvalue weighted by atomic mass is 32.1. The van der Waals surface area contributed by atoms with E-state index in [1.165, 1.54) is 0 Å². The number of piperazine rings is 1. The van der Waals surface area contributed by atoms with Gasteiger partial charge in [0.1, 0.15) is 5.84 Å². The molecule has 3 N–H and O–H groups in total. The summed E-state index contributed by atoms with van der Waals surface area (Å²) in [5, 5.41) is 8.74. The summed E-state index contributed by atoms with van der Waals surface area (Å²) in [5.41, 5.74) is 6.57. The van der Waals surface area contributed by atoms with Gasteiger partial charge in [0.05, 0.1) is 10.6 Å². The number of likely N-dealkylation sites (N-methyl/N-ethyl adjacent to an activating group) is 1. The maximum atomic E-state index is 7.74. The van der Waals surface area contributed by atoms with Gasteiger partial charge in [-0.05, 0) is 7.05 Å². The molecule has 6 heteroatoms. The number of anilines is 1. The van der Waals surface area contributed by atoms with Crippen LogP contribution in [0.2, 0.25) is 0 Å². The van der Waals surface area contributed by atoms with Crippen LogP contribution < -0.4 is 10.6 Å². The summed E-state index contributed by atoms with van der Waals surface area (Å²) in [7, 11) is 2.14. The predicted octanol–water partition coefficient (Wildman–Crippen LogP) is 1.48. The molecule has 0 spiro atoms. The smallest absolute Gasteiger partial charge is 0.186 e. The minimum Gasteiger partial charge on any atom is -0.383 e. The minimum atomic E-state index is -0.0810. The van der Waals surface area contributed by atoms with E-state index in [0.29, 0.717) is 0 Å². The molecule has 19 heavy (non-hydrogen) atoms. The third-order valence-electron chi connectivity index (χ3n) is 3.34. The van der Waals surface area contributed by atoms with Crippen molar-refractivity contribution in [2.45, 2.75) is 26.2 Å². The standard InChI is InChI=1S/C13H23N5S/c1-13(2,3)10-9(11(14)15)19-12(16-10)18-7-5-17(4)6-8-18/h5-8H2,1-4H3,(H3,14,15). The van der Waals surface area contributed by atoms with Crippen molar-refractivity contribution in [2.75, 3.05) is 38.1 Å². The molecule has 1 aliphatic rings. The summed E-state index contributed by atoms with van der Waals surface area (Å²) in [6.45, 7) is 10.4. The second-order valence-corrected chi connectivity index (χ2v) is 7.11. The van der Waals surface area contributed by atoms with E-state index in [9.17, 15) is 0 Å². The monoisotopic (exact) mass is 281 g/mol. The van der Waals surface area contributed by atoms with Crippen molar-refractivity contribution in [3.63, 3.8) is 0 Å². The highest BCUT2D eigenvalue weighted by Gasteiger charge is 2.27. The van der Waals surface area contributed by atoms with Crippen LogP contribution in [0.3, 0.4) is 0 Å². The van der Waals surface area contributed by atoms with E-state index in [1.54, 1.807) is 11.3 Å². The Labute approximate surface area is 118 Å². The van der Waals surface area contributed by atoms with Crippen molar-refractivity contribution in [1.82, 2.24) is 9.88 Å². The quantitative estimate of drug-likeness (QED) is 0.636. The summed E-state index contributed by atoms with van der Waals surface area (Å²) >= 11 is 1.55. The number of nitrogens with one attached hydrogen (secondary N) is 1. The molecule has 1 fully saturated rings. The Hall–Kier alpha value is -1.14. The van der Waals surface area contributed by atoms with Gasteiger partial charge in [0.15, 0.2) is 5.13 Å². The van der Waals surface area contributed by atoms with E-state index in [2.05, 4.69) is 37.6 Å². The van der Waals surface area contributed by atoms with Gasteiger partial charge < -0.3 is 15.5 Å². The number of amidine groups is 1. The zero-order chi connectivity index (χ0) is 14.2. The van der Waals surface area contributed by atoms with E-state index >= 15 is 0 Å². The van der Waals surface area contributed by atoms with Crippen LogP contribution in [-0.4, -0.2) is 48.9 Å². The van der Waals surface area contributed by atoms with Crippen molar-refractivity contribution in [2.24, 2.45) is 5.73 Å². The van der Waals surface area contributed by atoms with Crippen molar-refractivity contribution in [1.29, 1.82) is 5.41 Å². The number of thiazole rings is 1. The van der Waals surface area contributed by atoms with Gasteiger partial charge in [-0.15, -0.1) is 0 Å². The van der Waals surface area contributed by atoms with Crippen LogP contribution in [0.15, 0.2) is 0 Å². The number of rotatable bonds is 2. The molecular weight excluding hydrogens is 258 g/mol. The number of aromatic nitrogens is 1. The van der Waals surface area contributed by atoms with E-state index in [0.717, 1.165) is 41.9 Å². The molecule has 2 rings (SSSR count). The lowest BCUT2D eigenvalue weighted by Crippen LogP contribution is -2.44. The van der Waals surface area contributed by atoms with Gasteiger partial charge in [-0.2, -0.15) is 0 Å². The van der Waals surface area contributed by atoms with Gasteiger partial charge in [0, 0.05) is 31.6 Å². The van der Waals surface area contributed by atoms with Crippen LogP contribution in [0, 0.1) is 5.41 Å². The topological polar surface area (TPSA) is 69.2 Å². The second-order valence-electron chi connectivity index (χ2n) is 6.13. The molecule has 5 nitrogen and oxygen atoms in total. The van der Waals surface area contributed by atoms with Gasteiger partial charge >= 0.3 is 0 Å². The van der Waals surface area contributed by atoms with Gasteiger partial charge in [0.25, 0.3) is 0 Å². The molecule has 0 amide bonds. The first-order valence-corrected chi connectivity index (χ1v) is 7.40. The van der Waals surface area contributed by atoms with Crippen LogP contribution in [0.5, 0.6) is 0 Å². The van der Waals surface area contributed by atoms with Crippen molar-refractivity contribution >= 4 is 22.3 Å². The van der Waals surface area contributed by atoms with Crippen molar-refractivity contribution in [3.8, 4) is 0 Å². The first kappa shape index (κ1) is 14.3. The molecular formula is C13H23N5S.